The average molecular weight is 413 g/mol. The first kappa shape index (κ1) is 14.8. The number of carbonyl (C=O) groups is 1. The summed E-state index contributed by atoms with van der Waals surface area (Å²) in [6.07, 6.45) is 4.29. The van der Waals surface area contributed by atoms with Crippen molar-refractivity contribution in [1.82, 2.24) is 9.78 Å². The van der Waals surface area contributed by atoms with E-state index in [4.69, 9.17) is 0 Å². The fraction of sp³-hybridized carbons (Fsp3) is 0.333. The zero-order chi connectivity index (χ0) is 15.1. The van der Waals surface area contributed by atoms with E-state index < -0.39 is 5.41 Å². The van der Waals surface area contributed by atoms with Crippen LogP contribution in [0.5, 0.6) is 0 Å². The van der Waals surface area contributed by atoms with Gasteiger partial charge in [0.05, 0.1) is 27.1 Å². The van der Waals surface area contributed by atoms with Crippen LogP contribution < -0.4 is 5.32 Å². The summed E-state index contributed by atoms with van der Waals surface area (Å²) in [5.41, 5.74) is 1.47. The largest absolute Gasteiger partial charge is 0.323 e. The number of alkyl halides is 2. The van der Waals surface area contributed by atoms with Crippen molar-refractivity contribution in [2.24, 2.45) is 5.41 Å². The molecule has 110 valence electrons. The van der Waals surface area contributed by atoms with Crippen LogP contribution in [0.15, 0.2) is 42.7 Å². The Morgan fingerprint density at radius 2 is 2.05 bits per heavy atom. The van der Waals surface area contributed by atoms with E-state index in [2.05, 4.69) is 54.4 Å². The molecule has 3 rings (SSSR count). The predicted molar refractivity (Wildman–Crippen MR) is 89.7 cm³/mol. The summed E-state index contributed by atoms with van der Waals surface area (Å²) in [5.74, 6) is -0.00416. The van der Waals surface area contributed by atoms with Gasteiger partial charge in [-0.2, -0.15) is 5.10 Å². The third-order valence-corrected chi connectivity index (χ3v) is 6.15. The van der Waals surface area contributed by atoms with E-state index in [1.807, 2.05) is 36.0 Å². The second-order valence-electron chi connectivity index (χ2n) is 5.58. The maximum absolute atomic E-state index is 12.3. The molecule has 1 saturated carbocycles. The molecule has 1 fully saturated rings. The first-order chi connectivity index (χ1) is 9.91. The number of rotatable bonds is 4. The summed E-state index contributed by atoms with van der Waals surface area (Å²) in [5, 5.41) is 7.21. The summed E-state index contributed by atoms with van der Waals surface area (Å²) >= 11 is 7.01. The monoisotopic (exact) mass is 411 g/mol. The number of hydrogen-bond donors (Lipinski definition) is 1. The number of hydrogen-bond acceptors (Lipinski definition) is 2. The third-order valence-electron chi connectivity index (χ3n) is 3.84. The van der Waals surface area contributed by atoms with Crippen molar-refractivity contribution >= 4 is 43.5 Å². The Bertz CT molecular complexity index is 669. The van der Waals surface area contributed by atoms with Gasteiger partial charge in [0.25, 0.3) is 0 Å². The number of nitrogens with zero attached hydrogens (tertiary/aromatic N) is 2. The Balaban J connectivity index is 1.65. The predicted octanol–water partition coefficient (Wildman–Crippen LogP) is 3.77. The molecule has 1 atom stereocenters. The number of aromatic nitrogens is 2. The Hall–Kier alpha value is -1.14. The highest BCUT2D eigenvalue weighted by Crippen LogP contribution is 2.66. The van der Waals surface area contributed by atoms with Gasteiger partial charge in [0, 0.05) is 6.20 Å². The lowest BCUT2D eigenvalue weighted by atomic mass is 10.1. The van der Waals surface area contributed by atoms with Crippen LogP contribution in [0.25, 0.3) is 0 Å². The minimum atomic E-state index is -0.422. The highest BCUT2D eigenvalue weighted by atomic mass is 79.9. The second kappa shape index (κ2) is 5.25. The molecule has 0 unspecified atom stereocenters. The molecular formula is C15H15Br2N3O. The Morgan fingerprint density at radius 3 is 2.67 bits per heavy atom. The number of halogens is 2. The SMILES string of the molecule is C[C@]1(C(=O)Nc2cnn(Cc3ccccc3)c2)CC1(Br)Br. The lowest BCUT2D eigenvalue weighted by Gasteiger charge is -2.11. The van der Waals surface area contributed by atoms with E-state index in [1.165, 1.54) is 5.56 Å². The van der Waals surface area contributed by atoms with Crippen LogP contribution in [0.1, 0.15) is 18.9 Å². The van der Waals surface area contributed by atoms with E-state index in [9.17, 15) is 4.79 Å². The van der Waals surface area contributed by atoms with Crippen LogP contribution in [0.4, 0.5) is 5.69 Å². The molecule has 0 spiro atoms. The van der Waals surface area contributed by atoms with Gasteiger partial charge in [-0.3, -0.25) is 9.48 Å². The van der Waals surface area contributed by atoms with Crippen LogP contribution in [0, 0.1) is 5.41 Å². The molecule has 1 aromatic carbocycles. The van der Waals surface area contributed by atoms with Crippen molar-refractivity contribution in [2.45, 2.75) is 23.1 Å². The fourth-order valence-electron chi connectivity index (χ4n) is 2.20. The van der Waals surface area contributed by atoms with Crippen molar-refractivity contribution in [2.75, 3.05) is 5.32 Å². The van der Waals surface area contributed by atoms with Gasteiger partial charge in [0.1, 0.15) is 0 Å². The summed E-state index contributed by atoms with van der Waals surface area (Å²) in [7, 11) is 0. The Kier molecular flexibility index (Phi) is 3.69. The van der Waals surface area contributed by atoms with E-state index in [0.717, 1.165) is 12.1 Å². The van der Waals surface area contributed by atoms with Crippen LogP contribution in [0.2, 0.25) is 0 Å². The van der Waals surface area contributed by atoms with Gasteiger partial charge in [-0.25, -0.2) is 0 Å². The number of benzene rings is 1. The molecule has 0 bridgehead atoms. The van der Waals surface area contributed by atoms with Crippen LogP contribution in [-0.4, -0.2) is 18.9 Å². The zero-order valence-electron chi connectivity index (χ0n) is 11.5. The third kappa shape index (κ3) is 2.92. The van der Waals surface area contributed by atoms with Crippen molar-refractivity contribution in [3.05, 3.63) is 48.3 Å². The molecular weight excluding hydrogens is 398 g/mol. The van der Waals surface area contributed by atoms with Crippen LogP contribution in [-0.2, 0) is 11.3 Å². The zero-order valence-corrected chi connectivity index (χ0v) is 14.7. The van der Waals surface area contributed by atoms with Gasteiger partial charge in [-0.1, -0.05) is 62.2 Å². The standard InChI is InChI=1S/C15H15Br2N3O/c1-14(10-15(14,16)17)13(21)19-12-7-18-20(9-12)8-11-5-3-2-4-6-11/h2-7,9H,8,10H2,1H3,(H,19,21)/t14-/m1/s1. The van der Waals surface area contributed by atoms with Crippen molar-refractivity contribution in [1.29, 1.82) is 0 Å². The van der Waals surface area contributed by atoms with E-state index in [1.54, 1.807) is 6.20 Å². The molecule has 0 aliphatic heterocycles. The first-order valence-electron chi connectivity index (χ1n) is 6.66. The molecule has 1 aliphatic rings. The molecule has 1 heterocycles. The lowest BCUT2D eigenvalue weighted by Crippen LogP contribution is -2.25. The van der Waals surface area contributed by atoms with Crippen LogP contribution in [0.3, 0.4) is 0 Å². The molecule has 4 nitrogen and oxygen atoms in total. The van der Waals surface area contributed by atoms with Gasteiger partial charge in [-0.15, -0.1) is 0 Å². The molecule has 6 heteroatoms. The summed E-state index contributed by atoms with van der Waals surface area (Å²) < 4.78 is 1.53. The summed E-state index contributed by atoms with van der Waals surface area (Å²) in [6, 6.07) is 10.1. The highest BCUT2D eigenvalue weighted by Gasteiger charge is 2.66. The molecule has 1 aliphatic carbocycles. The summed E-state index contributed by atoms with van der Waals surface area (Å²) in [6.45, 7) is 2.62. The molecule has 1 amide bonds. The van der Waals surface area contributed by atoms with E-state index in [-0.39, 0.29) is 9.14 Å². The van der Waals surface area contributed by atoms with Gasteiger partial charge in [-0.05, 0) is 18.9 Å². The Morgan fingerprint density at radius 1 is 1.38 bits per heavy atom. The quantitative estimate of drug-likeness (QED) is 0.777. The van der Waals surface area contributed by atoms with Gasteiger partial charge >= 0.3 is 0 Å². The number of amides is 1. The van der Waals surface area contributed by atoms with Gasteiger partial charge in [0.15, 0.2) is 0 Å². The normalized spacial score (nSPS) is 22.8. The Labute approximate surface area is 140 Å². The average Bonchev–Trinajstić information content (AvgIpc) is 2.77. The minimum Gasteiger partial charge on any atom is -0.323 e. The van der Waals surface area contributed by atoms with E-state index >= 15 is 0 Å². The van der Waals surface area contributed by atoms with Gasteiger partial charge in [0.2, 0.25) is 5.91 Å². The number of carbonyl (C=O) groups excluding carboxylic acids is 1. The van der Waals surface area contributed by atoms with Crippen LogP contribution >= 0.6 is 31.9 Å². The smallest absolute Gasteiger partial charge is 0.232 e. The minimum absolute atomic E-state index is 0.00416. The first-order valence-corrected chi connectivity index (χ1v) is 8.25. The van der Waals surface area contributed by atoms with Crippen molar-refractivity contribution < 1.29 is 4.79 Å². The number of nitrogens with one attached hydrogen (secondary N) is 1. The number of anilines is 1. The molecule has 21 heavy (non-hydrogen) atoms. The molecule has 2 aromatic rings. The van der Waals surface area contributed by atoms with Gasteiger partial charge < -0.3 is 5.32 Å². The highest BCUT2D eigenvalue weighted by molar-refractivity contribution is 9.25. The molecule has 0 radical (unpaired) electrons. The maximum Gasteiger partial charge on any atom is 0.232 e. The fourth-order valence-corrected chi connectivity index (χ4v) is 3.68. The lowest BCUT2D eigenvalue weighted by molar-refractivity contribution is -0.120. The molecule has 1 N–H and O–H groups in total. The van der Waals surface area contributed by atoms with Crippen molar-refractivity contribution in [3.63, 3.8) is 0 Å². The summed E-state index contributed by atoms with van der Waals surface area (Å²) in [4.78, 5) is 12.3. The van der Waals surface area contributed by atoms with Crippen molar-refractivity contribution in [3.8, 4) is 0 Å². The maximum atomic E-state index is 12.3. The van der Waals surface area contributed by atoms with E-state index in [0.29, 0.717) is 6.54 Å². The second-order valence-corrected chi connectivity index (χ2v) is 9.35. The molecule has 1 aromatic heterocycles. The molecule has 0 saturated heterocycles. The topological polar surface area (TPSA) is 46.9 Å².